The normalized spacial score (nSPS) is 12.1. The van der Waals surface area contributed by atoms with Crippen LogP contribution in [0.1, 0.15) is 22.8 Å². The molecule has 0 saturated heterocycles. The van der Waals surface area contributed by atoms with Crippen LogP contribution >= 0.6 is 0 Å². The van der Waals surface area contributed by atoms with Crippen LogP contribution in [0.4, 0.5) is 8.78 Å². The second kappa shape index (κ2) is 6.10. The molecule has 0 saturated carbocycles. The highest BCUT2D eigenvalue weighted by Gasteiger charge is 2.22. The SMILES string of the molecule is COc1cc(C)c(C(O)c2c(F)cccc2F)cc1OC. The highest BCUT2D eigenvalue weighted by molar-refractivity contribution is 5.49. The third-order valence-corrected chi connectivity index (χ3v) is 3.34. The Morgan fingerprint density at radius 2 is 1.52 bits per heavy atom. The van der Waals surface area contributed by atoms with E-state index in [0.29, 0.717) is 22.6 Å². The molecule has 0 aliphatic rings. The molecule has 0 aromatic heterocycles. The summed E-state index contributed by atoms with van der Waals surface area (Å²) in [7, 11) is 2.94. The Bertz CT molecular complexity index is 636. The molecule has 1 atom stereocenters. The van der Waals surface area contributed by atoms with Gasteiger partial charge in [0.25, 0.3) is 0 Å². The smallest absolute Gasteiger partial charge is 0.161 e. The summed E-state index contributed by atoms with van der Waals surface area (Å²) in [5.41, 5.74) is 0.618. The number of hydrogen-bond acceptors (Lipinski definition) is 3. The minimum Gasteiger partial charge on any atom is -0.493 e. The fourth-order valence-corrected chi connectivity index (χ4v) is 2.22. The highest BCUT2D eigenvalue weighted by atomic mass is 19.1. The first-order valence-electron chi connectivity index (χ1n) is 6.34. The van der Waals surface area contributed by atoms with E-state index in [1.165, 1.54) is 26.4 Å². The molecule has 21 heavy (non-hydrogen) atoms. The van der Waals surface area contributed by atoms with Crippen LogP contribution in [-0.4, -0.2) is 19.3 Å². The van der Waals surface area contributed by atoms with Gasteiger partial charge in [0.2, 0.25) is 0 Å². The van der Waals surface area contributed by atoms with E-state index in [-0.39, 0.29) is 5.56 Å². The summed E-state index contributed by atoms with van der Waals surface area (Å²) in [4.78, 5) is 0. The van der Waals surface area contributed by atoms with Crippen LogP contribution in [0, 0.1) is 18.6 Å². The Balaban J connectivity index is 2.56. The molecule has 0 bridgehead atoms. The first kappa shape index (κ1) is 15.3. The van der Waals surface area contributed by atoms with E-state index in [4.69, 9.17) is 9.47 Å². The van der Waals surface area contributed by atoms with Gasteiger partial charge in [-0.1, -0.05) is 6.07 Å². The maximum absolute atomic E-state index is 13.8. The van der Waals surface area contributed by atoms with Gasteiger partial charge in [-0.15, -0.1) is 0 Å². The van der Waals surface area contributed by atoms with Gasteiger partial charge in [-0.25, -0.2) is 8.78 Å². The summed E-state index contributed by atoms with van der Waals surface area (Å²) in [6, 6.07) is 6.64. The lowest BCUT2D eigenvalue weighted by Crippen LogP contribution is -2.08. The van der Waals surface area contributed by atoms with E-state index in [9.17, 15) is 13.9 Å². The Labute approximate surface area is 121 Å². The number of rotatable bonds is 4. The van der Waals surface area contributed by atoms with Crippen molar-refractivity contribution in [3.8, 4) is 11.5 Å². The molecule has 0 spiro atoms. The number of hydrogen-bond donors (Lipinski definition) is 1. The van der Waals surface area contributed by atoms with E-state index in [0.717, 1.165) is 12.1 Å². The number of methoxy groups -OCH3 is 2. The van der Waals surface area contributed by atoms with Crippen LogP contribution in [-0.2, 0) is 0 Å². The zero-order chi connectivity index (χ0) is 15.6. The van der Waals surface area contributed by atoms with Crippen LogP contribution in [0.25, 0.3) is 0 Å². The van der Waals surface area contributed by atoms with Gasteiger partial charge < -0.3 is 14.6 Å². The zero-order valence-corrected chi connectivity index (χ0v) is 12.0. The molecule has 2 aromatic rings. The second-order valence-corrected chi connectivity index (χ2v) is 4.60. The monoisotopic (exact) mass is 294 g/mol. The fraction of sp³-hybridized carbons (Fsp3) is 0.250. The van der Waals surface area contributed by atoms with E-state index in [1.807, 2.05) is 0 Å². The molecule has 0 fully saturated rings. The van der Waals surface area contributed by atoms with Crippen LogP contribution < -0.4 is 9.47 Å². The Morgan fingerprint density at radius 1 is 1.00 bits per heavy atom. The van der Waals surface area contributed by atoms with Crippen LogP contribution in [0.15, 0.2) is 30.3 Å². The molecule has 2 rings (SSSR count). The predicted octanol–water partition coefficient (Wildman–Crippen LogP) is 3.37. The molecular weight excluding hydrogens is 278 g/mol. The number of halogens is 2. The molecule has 3 nitrogen and oxygen atoms in total. The topological polar surface area (TPSA) is 38.7 Å². The molecule has 0 heterocycles. The van der Waals surface area contributed by atoms with Crippen molar-refractivity contribution in [1.29, 1.82) is 0 Å². The average molecular weight is 294 g/mol. The summed E-state index contributed by atoms with van der Waals surface area (Å²) in [6.07, 6.45) is -1.42. The largest absolute Gasteiger partial charge is 0.493 e. The molecule has 2 aromatic carbocycles. The first-order chi connectivity index (χ1) is 9.99. The molecule has 0 aliphatic carbocycles. The third kappa shape index (κ3) is 2.83. The van der Waals surface area contributed by atoms with Crippen molar-refractivity contribution >= 4 is 0 Å². The highest BCUT2D eigenvalue weighted by Crippen LogP contribution is 2.36. The number of ether oxygens (including phenoxy) is 2. The van der Waals surface area contributed by atoms with Gasteiger partial charge in [-0.05, 0) is 42.3 Å². The Kier molecular flexibility index (Phi) is 4.43. The van der Waals surface area contributed by atoms with E-state index in [2.05, 4.69) is 0 Å². The van der Waals surface area contributed by atoms with Gasteiger partial charge in [-0.3, -0.25) is 0 Å². The van der Waals surface area contributed by atoms with Gasteiger partial charge in [0, 0.05) is 0 Å². The molecule has 0 radical (unpaired) electrons. The van der Waals surface area contributed by atoms with Crippen molar-refractivity contribution in [1.82, 2.24) is 0 Å². The van der Waals surface area contributed by atoms with Gasteiger partial charge in [0.15, 0.2) is 11.5 Å². The van der Waals surface area contributed by atoms with Crippen molar-refractivity contribution in [2.75, 3.05) is 14.2 Å². The molecular formula is C16H16F2O3. The predicted molar refractivity (Wildman–Crippen MR) is 74.7 cm³/mol. The second-order valence-electron chi connectivity index (χ2n) is 4.60. The number of aliphatic hydroxyl groups is 1. The van der Waals surface area contributed by atoms with Gasteiger partial charge >= 0.3 is 0 Å². The van der Waals surface area contributed by atoms with Gasteiger partial charge in [0.1, 0.15) is 17.7 Å². The number of aliphatic hydroxyl groups excluding tert-OH is 1. The summed E-state index contributed by atoms with van der Waals surface area (Å²) >= 11 is 0. The van der Waals surface area contributed by atoms with Crippen molar-refractivity contribution in [3.63, 3.8) is 0 Å². The van der Waals surface area contributed by atoms with Crippen LogP contribution in [0.3, 0.4) is 0 Å². The average Bonchev–Trinajstić information content (AvgIpc) is 2.46. The van der Waals surface area contributed by atoms with Crippen LogP contribution in [0.5, 0.6) is 11.5 Å². The van der Waals surface area contributed by atoms with Gasteiger partial charge in [-0.2, -0.15) is 0 Å². The van der Waals surface area contributed by atoms with Crippen molar-refractivity contribution < 1.29 is 23.4 Å². The van der Waals surface area contributed by atoms with Crippen molar-refractivity contribution in [2.45, 2.75) is 13.0 Å². The Hall–Kier alpha value is -2.14. The maximum atomic E-state index is 13.8. The quantitative estimate of drug-likeness (QED) is 0.939. The molecule has 1 N–H and O–H groups in total. The summed E-state index contributed by atoms with van der Waals surface area (Å²) in [6.45, 7) is 1.72. The summed E-state index contributed by atoms with van der Waals surface area (Å²) in [5.74, 6) is -0.720. The Morgan fingerprint density at radius 3 is 2.05 bits per heavy atom. The lowest BCUT2D eigenvalue weighted by molar-refractivity contribution is 0.207. The molecule has 0 amide bonds. The third-order valence-electron chi connectivity index (χ3n) is 3.34. The first-order valence-corrected chi connectivity index (χ1v) is 6.34. The summed E-state index contributed by atoms with van der Waals surface area (Å²) < 4.78 is 37.9. The van der Waals surface area contributed by atoms with E-state index < -0.39 is 17.7 Å². The lowest BCUT2D eigenvalue weighted by atomic mass is 9.96. The number of benzene rings is 2. The summed E-state index contributed by atoms with van der Waals surface area (Å²) in [5, 5.41) is 10.3. The number of aryl methyl sites for hydroxylation is 1. The molecule has 0 aliphatic heterocycles. The van der Waals surface area contributed by atoms with Crippen molar-refractivity contribution in [2.24, 2.45) is 0 Å². The van der Waals surface area contributed by atoms with E-state index in [1.54, 1.807) is 13.0 Å². The lowest BCUT2D eigenvalue weighted by Gasteiger charge is -2.18. The zero-order valence-electron chi connectivity index (χ0n) is 12.0. The standard InChI is InChI=1S/C16H16F2O3/c1-9-7-13(20-2)14(21-3)8-10(9)16(19)15-11(17)5-4-6-12(15)18/h4-8,16,19H,1-3H3. The maximum Gasteiger partial charge on any atom is 0.161 e. The van der Waals surface area contributed by atoms with Crippen LogP contribution in [0.2, 0.25) is 0 Å². The molecule has 1 unspecified atom stereocenters. The minimum atomic E-state index is -1.42. The van der Waals surface area contributed by atoms with Crippen molar-refractivity contribution in [3.05, 3.63) is 58.7 Å². The minimum absolute atomic E-state index is 0.358. The van der Waals surface area contributed by atoms with Gasteiger partial charge in [0.05, 0.1) is 19.8 Å². The molecule has 5 heteroatoms. The fourth-order valence-electron chi connectivity index (χ4n) is 2.22. The molecule has 112 valence electrons. The van der Waals surface area contributed by atoms with E-state index >= 15 is 0 Å².